The second-order valence-corrected chi connectivity index (χ2v) is 3.41. The highest BCUT2D eigenvalue weighted by molar-refractivity contribution is 7.98. The topological polar surface area (TPSA) is 29.5 Å². The van der Waals surface area contributed by atoms with E-state index in [-0.39, 0.29) is 6.61 Å². The van der Waals surface area contributed by atoms with Crippen molar-refractivity contribution in [1.29, 1.82) is 0 Å². The molecule has 0 heterocycles. The summed E-state index contributed by atoms with van der Waals surface area (Å²) in [6.07, 6.45) is 1.99. The number of thioether (sulfide) groups is 1. The lowest BCUT2D eigenvalue weighted by Crippen LogP contribution is -1.94. The largest absolute Gasteiger partial charge is 0.494 e. The summed E-state index contributed by atoms with van der Waals surface area (Å²) < 4.78 is 5.33. The van der Waals surface area contributed by atoms with Gasteiger partial charge in [-0.3, -0.25) is 0 Å². The second kappa shape index (κ2) is 5.14. The molecule has 0 radical (unpaired) electrons. The zero-order valence-corrected chi connectivity index (χ0v) is 8.73. The molecule has 72 valence electrons. The first kappa shape index (κ1) is 10.4. The van der Waals surface area contributed by atoms with Crippen molar-refractivity contribution in [3.63, 3.8) is 0 Å². The highest BCUT2D eigenvalue weighted by Crippen LogP contribution is 2.24. The third-order valence-electron chi connectivity index (χ3n) is 1.73. The van der Waals surface area contributed by atoms with E-state index in [0.29, 0.717) is 6.61 Å². The molecule has 0 saturated heterocycles. The Morgan fingerprint density at radius 2 is 2.23 bits per heavy atom. The fraction of sp³-hybridized carbons (Fsp3) is 0.400. The van der Waals surface area contributed by atoms with Gasteiger partial charge in [0.25, 0.3) is 0 Å². The number of hydrogen-bond donors (Lipinski definition) is 1. The molecule has 1 N–H and O–H groups in total. The molecule has 0 amide bonds. The van der Waals surface area contributed by atoms with E-state index in [0.717, 1.165) is 16.2 Å². The third-order valence-corrected chi connectivity index (χ3v) is 2.57. The Bertz CT molecular complexity index is 274. The summed E-state index contributed by atoms with van der Waals surface area (Å²) in [7, 11) is 0. The van der Waals surface area contributed by atoms with E-state index in [1.807, 2.05) is 31.4 Å². The second-order valence-electron chi connectivity index (χ2n) is 2.56. The Kier molecular flexibility index (Phi) is 4.12. The van der Waals surface area contributed by atoms with Gasteiger partial charge in [-0.15, -0.1) is 11.8 Å². The summed E-state index contributed by atoms with van der Waals surface area (Å²) in [6, 6.07) is 5.78. The van der Waals surface area contributed by atoms with Gasteiger partial charge in [-0.1, -0.05) is 0 Å². The van der Waals surface area contributed by atoms with E-state index in [4.69, 9.17) is 9.84 Å². The minimum Gasteiger partial charge on any atom is -0.494 e. The van der Waals surface area contributed by atoms with E-state index < -0.39 is 0 Å². The predicted octanol–water partition coefficient (Wildman–Crippen LogP) is 2.30. The van der Waals surface area contributed by atoms with E-state index in [9.17, 15) is 0 Å². The first-order valence-electron chi connectivity index (χ1n) is 4.22. The summed E-state index contributed by atoms with van der Waals surface area (Å²) in [5.74, 6) is 0.823. The molecule has 0 unspecified atom stereocenters. The SMILES string of the molecule is CCOc1ccc(SC)c(CO)c1. The van der Waals surface area contributed by atoms with Gasteiger partial charge in [0.2, 0.25) is 0 Å². The molecule has 2 nitrogen and oxygen atoms in total. The number of benzene rings is 1. The zero-order chi connectivity index (χ0) is 9.68. The van der Waals surface area contributed by atoms with Gasteiger partial charge >= 0.3 is 0 Å². The summed E-state index contributed by atoms with van der Waals surface area (Å²) >= 11 is 1.63. The molecular weight excluding hydrogens is 184 g/mol. The van der Waals surface area contributed by atoms with Gasteiger partial charge in [-0.2, -0.15) is 0 Å². The van der Waals surface area contributed by atoms with Crippen LogP contribution in [0, 0.1) is 0 Å². The van der Waals surface area contributed by atoms with Gasteiger partial charge in [-0.05, 0) is 36.9 Å². The van der Waals surface area contributed by atoms with E-state index in [1.54, 1.807) is 11.8 Å². The molecule has 0 aliphatic carbocycles. The van der Waals surface area contributed by atoms with Crippen LogP contribution in [0.4, 0.5) is 0 Å². The Labute approximate surface area is 82.9 Å². The van der Waals surface area contributed by atoms with Crippen molar-refractivity contribution in [3.8, 4) is 5.75 Å². The summed E-state index contributed by atoms with van der Waals surface area (Å²) in [4.78, 5) is 1.10. The van der Waals surface area contributed by atoms with Crippen LogP contribution in [0.3, 0.4) is 0 Å². The van der Waals surface area contributed by atoms with Crippen LogP contribution in [0.1, 0.15) is 12.5 Å². The Morgan fingerprint density at radius 1 is 1.46 bits per heavy atom. The average molecular weight is 198 g/mol. The van der Waals surface area contributed by atoms with E-state index >= 15 is 0 Å². The van der Waals surface area contributed by atoms with Gasteiger partial charge < -0.3 is 9.84 Å². The van der Waals surface area contributed by atoms with Gasteiger partial charge in [0, 0.05) is 4.90 Å². The molecule has 1 rings (SSSR count). The number of rotatable bonds is 4. The van der Waals surface area contributed by atoms with Crippen LogP contribution in [0.25, 0.3) is 0 Å². The highest BCUT2D eigenvalue weighted by Gasteiger charge is 2.01. The maximum atomic E-state index is 9.07. The molecular formula is C10H14O2S. The minimum absolute atomic E-state index is 0.0666. The molecule has 3 heteroatoms. The van der Waals surface area contributed by atoms with Gasteiger partial charge in [0.1, 0.15) is 5.75 Å². The molecule has 0 fully saturated rings. The van der Waals surface area contributed by atoms with Crippen molar-refractivity contribution in [2.24, 2.45) is 0 Å². The predicted molar refractivity (Wildman–Crippen MR) is 55.3 cm³/mol. The van der Waals surface area contributed by atoms with Crippen LogP contribution >= 0.6 is 11.8 Å². The maximum absolute atomic E-state index is 9.07. The Balaban J connectivity index is 2.91. The normalized spacial score (nSPS) is 10.1. The number of ether oxygens (including phenoxy) is 1. The molecule has 13 heavy (non-hydrogen) atoms. The molecule has 0 aliphatic heterocycles. The van der Waals surface area contributed by atoms with Gasteiger partial charge in [0.05, 0.1) is 13.2 Å². The molecule has 0 spiro atoms. The van der Waals surface area contributed by atoms with Crippen LogP contribution < -0.4 is 4.74 Å². The first-order chi connectivity index (χ1) is 6.31. The summed E-state index contributed by atoms with van der Waals surface area (Å²) in [6.45, 7) is 2.67. The van der Waals surface area contributed by atoms with Crippen LogP contribution in [0.2, 0.25) is 0 Å². The molecule has 0 aliphatic rings. The summed E-state index contributed by atoms with van der Waals surface area (Å²) in [5, 5.41) is 9.07. The highest BCUT2D eigenvalue weighted by atomic mass is 32.2. The van der Waals surface area contributed by atoms with E-state index in [1.165, 1.54) is 0 Å². The van der Waals surface area contributed by atoms with Crippen LogP contribution in [-0.4, -0.2) is 18.0 Å². The standard InChI is InChI=1S/C10H14O2S/c1-3-12-9-4-5-10(13-2)8(6-9)7-11/h4-6,11H,3,7H2,1-2H3. The van der Waals surface area contributed by atoms with Crippen LogP contribution in [-0.2, 0) is 6.61 Å². The lowest BCUT2D eigenvalue weighted by molar-refractivity contribution is 0.277. The Morgan fingerprint density at radius 3 is 2.77 bits per heavy atom. The van der Waals surface area contributed by atoms with Gasteiger partial charge in [-0.25, -0.2) is 0 Å². The van der Waals surface area contributed by atoms with Crippen molar-refractivity contribution < 1.29 is 9.84 Å². The maximum Gasteiger partial charge on any atom is 0.119 e. The van der Waals surface area contributed by atoms with Crippen LogP contribution in [0.5, 0.6) is 5.75 Å². The molecule has 0 saturated carbocycles. The van der Waals surface area contributed by atoms with Crippen LogP contribution in [0.15, 0.2) is 23.1 Å². The average Bonchev–Trinajstić information content (AvgIpc) is 2.18. The molecule has 0 atom stereocenters. The molecule has 1 aromatic carbocycles. The fourth-order valence-electron chi connectivity index (χ4n) is 1.13. The quantitative estimate of drug-likeness (QED) is 0.753. The summed E-state index contributed by atoms with van der Waals surface area (Å²) in [5.41, 5.74) is 0.929. The molecule has 0 aromatic heterocycles. The van der Waals surface area contributed by atoms with Gasteiger partial charge in [0.15, 0.2) is 0 Å². The monoisotopic (exact) mass is 198 g/mol. The number of hydrogen-bond acceptors (Lipinski definition) is 3. The zero-order valence-electron chi connectivity index (χ0n) is 7.91. The fourth-order valence-corrected chi connectivity index (χ4v) is 1.72. The van der Waals surface area contributed by atoms with Crippen molar-refractivity contribution in [2.75, 3.05) is 12.9 Å². The number of aliphatic hydroxyl groups excluding tert-OH is 1. The van der Waals surface area contributed by atoms with Crippen molar-refractivity contribution in [1.82, 2.24) is 0 Å². The van der Waals surface area contributed by atoms with E-state index in [2.05, 4.69) is 0 Å². The lowest BCUT2D eigenvalue weighted by atomic mass is 10.2. The molecule has 0 bridgehead atoms. The van der Waals surface area contributed by atoms with Crippen molar-refractivity contribution in [3.05, 3.63) is 23.8 Å². The van der Waals surface area contributed by atoms with Crippen molar-refractivity contribution in [2.45, 2.75) is 18.4 Å². The minimum atomic E-state index is 0.0666. The lowest BCUT2D eigenvalue weighted by Gasteiger charge is -2.08. The first-order valence-corrected chi connectivity index (χ1v) is 5.44. The molecule has 1 aromatic rings. The number of aliphatic hydroxyl groups is 1. The smallest absolute Gasteiger partial charge is 0.119 e. The van der Waals surface area contributed by atoms with Crippen molar-refractivity contribution >= 4 is 11.8 Å². The Hall–Kier alpha value is -0.670. The third kappa shape index (κ3) is 2.64.